The predicted molar refractivity (Wildman–Crippen MR) is 52.6 cm³/mol. The van der Waals surface area contributed by atoms with E-state index in [1.165, 1.54) is 12.3 Å². The number of hydrogen-bond donors (Lipinski definition) is 1. The standard InChI is InChI=1S/C10H7N3O3/c1-6-7(5-11)10(16-13-6)12-9(14)8-3-2-4-15-8/h2-4H,1H3,(H,12,14). The summed E-state index contributed by atoms with van der Waals surface area (Å²) in [5.41, 5.74) is 0.636. The van der Waals surface area contributed by atoms with Gasteiger partial charge >= 0.3 is 0 Å². The number of anilines is 1. The number of aryl methyl sites for hydroxylation is 1. The molecule has 1 amide bonds. The van der Waals surface area contributed by atoms with Crippen molar-refractivity contribution in [1.82, 2.24) is 5.16 Å². The topological polar surface area (TPSA) is 92.1 Å². The predicted octanol–water partition coefficient (Wildman–Crippen LogP) is 1.70. The maximum Gasteiger partial charge on any atom is 0.293 e. The van der Waals surface area contributed by atoms with Crippen molar-refractivity contribution in [2.45, 2.75) is 6.92 Å². The molecule has 16 heavy (non-hydrogen) atoms. The molecule has 2 aromatic rings. The number of carbonyl (C=O) groups is 1. The Morgan fingerprint density at radius 2 is 2.44 bits per heavy atom. The second kappa shape index (κ2) is 3.90. The second-order valence-corrected chi connectivity index (χ2v) is 3.02. The van der Waals surface area contributed by atoms with Gasteiger partial charge in [-0.05, 0) is 19.1 Å². The van der Waals surface area contributed by atoms with Crippen LogP contribution in [0.1, 0.15) is 21.8 Å². The van der Waals surface area contributed by atoms with Crippen molar-refractivity contribution in [3.63, 3.8) is 0 Å². The monoisotopic (exact) mass is 217 g/mol. The number of nitrogens with zero attached hydrogens (tertiary/aromatic N) is 2. The van der Waals surface area contributed by atoms with E-state index in [2.05, 4.69) is 10.5 Å². The van der Waals surface area contributed by atoms with Crippen LogP contribution >= 0.6 is 0 Å². The zero-order valence-corrected chi connectivity index (χ0v) is 8.35. The molecular formula is C10H7N3O3. The maximum absolute atomic E-state index is 11.6. The fourth-order valence-electron chi connectivity index (χ4n) is 1.16. The van der Waals surface area contributed by atoms with Crippen molar-refractivity contribution in [3.05, 3.63) is 35.4 Å². The van der Waals surface area contributed by atoms with Gasteiger partial charge in [0.15, 0.2) is 5.76 Å². The third-order valence-corrected chi connectivity index (χ3v) is 1.95. The van der Waals surface area contributed by atoms with Crippen LogP contribution in [-0.2, 0) is 0 Å². The lowest BCUT2D eigenvalue weighted by molar-refractivity contribution is 0.0993. The highest BCUT2D eigenvalue weighted by molar-refractivity contribution is 6.02. The minimum absolute atomic E-state index is 0.0291. The van der Waals surface area contributed by atoms with E-state index >= 15 is 0 Å². The molecule has 0 saturated heterocycles. The van der Waals surface area contributed by atoms with E-state index in [1.54, 1.807) is 13.0 Å². The minimum Gasteiger partial charge on any atom is -0.459 e. The molecule has 0 fully saturated rings. The van der Waals surface area contributed by atoms with Gasteiger partial charge in [0.05, 0.1) is 6.26 Å². The Morgan fingerprint density at radius 1 is 1.62 bits per heavy atom. The fourth-order valence-corrected chi connectivity index (χ4v) is 1.16. The number of nitriles is 1. The number of rotatable bonds is 2. The van der Waals surface area contributed by atoms with Gasteiger partial charge in [0.25, 0.3) is 5.91 Å². The number of furan rings is 1. The zero-order chi connectivity index (χ0) is 11.5. The van der Waals surface area contributed by atoms with Gasteiger partial charge in [0, 0.05) is 0 Å². The summed E-state index contributed by atoms with van der Waals surface area (Å²) in [6.07, 6.45) is 1.38. The molecule has 2 heterocycles. The van der Waals surface area contributed by atoms with Crippen LogP contribution < -0.4 is 5.32 Å². The van der Waals surface area contributed by atoms with Gasteiger partial charge in [-0.3, -0.25) is 10.1 Å². The summed E-state index contributed by atoms with van der Waals surface area (Å²) in [6, 6.07) is 4.99. The highest BCUT2D eigenvalue weighted by Crippen LogP contribution is 2.18. The Labute approximate surface area is 90.4 Å². The van der Waals surface area contributed by atoms with Crippen LogP contribution in [0.4, 0.5) is 5.88 Å². The van der Waals surface area contributed by atoms with Crippen LogP contribution in [0.15, 0.2) is 27.3 Å². The normalized spacial score (nSPS) is 9.75. The Hall–Kier alpha value is -2.55. The third kappa shape index (κ3) is 1.66. The first-order chi connectivity index (χ1) is 7.72. The van der Waals surface area contributed by atoms with E-state index < -0.39 is 5.91 Å². The first-order valence-corrected chi connectivity index (χ1v) is 4.43. The second-order valence-electron chi connectivity index (χ2n) is 3.02. The van der Waals surface area contributed by atoms with E-state index in [0.29, 0.717) is 5.69 Å². The third-order valence-electron chi connectivity index (χ3n) is 1.95. The summed E-state index contributed by atoms with van der Waals surface area (Å²) in [7, 11) is 0. The molecule has 80 valence electrons. The zero-order valence-electron chi connectivity index (χ0n) is 8.35. The molecule has 6 nitrogen and oxygen atoms in total. The molecule has 0 spiro atoms. The van der Waals surface area contributed by atoms with Crippen molar-refractivity contribution in [2.75, 3.05) is 5.32 Å². The van der Waals surface area contributed by atoms with Gasteiger partial charge in [-0.1, -0.05) is 5.16 Å². The molecule has 0 aromatic carbocycles. The van der Waals surface area contributed by atoms with Gasteiger partial charge in [-0.25, -0.2) is 0 Å². The average Bonchev–Trinajstić information content (AvgIpc) is 2.88. The lowest BCUT2D eigenvalue weighted by Gasteiger charge is -1.97. The average molecular weight is 217 g/mol. The molecule has 0 unspecified atom stereocenters. The Balaban J connectivity index is 2.22. The number of hydrogen-bond acceptors (Lipinski definition) is 5. The number of nitrogens with one attached hydrogen (secondary N) is 1. The summed E-state index contributed by atoms with van der Waals surface area (Å²) in [6.45, 7) is 1.62. The van der Waals surface area contributed by atoms with Gasteiger partial charge in [-0.15, -0.1) is 0 Å². The fraction of sp³-hybridized carbons (Fsp3) is 0.100. The van der Waals surface area contributed by atoms with Crippen LogP contribution in [0.25, 0.3) is 0 Å². The molecule has 0 atom stereocenters. The molecule has 1 N–H and O–H groups in total. The van der Waals surface area contributed by atoms with Crippen molar-refractivity contribution < 1.29 is 13.7 Å². The van der Waals surface area contributed by atoms with Crippen molar-refractivity contribution in [3.8, 4) is 6.07 Å². The first-order valence-electron chi connectivity index (χ1n) is 4.43. The van der Waals surface area contributed by atoms with Crippen molar-refractivity contribution in [2.24, 2.45) is 0 Å². The molecule has 0 radical (unpaired) electrons. The number of aromatic nitrogens is 1. The smallest absolute Gasteiger partial charge is 0.293 e. The summed E-state index contributed by atoms with van der Waals surface area (Å²) in [5, 5.41) is 14.8. The SMILES string of the molecule is Cc1noc(NC(=O)c2ccco2)c1C#N. The molecule has 6 heteroatoms. The molecule has 2 aromatic heterocycles. The Kier molecular flexibility index (Phi) is 2.44. The summed E-state index contributed by atoms with van der Waals surface area (Å²) in [5.74, 6) is -0.322. The molecule has 0 bridgehead atoms. The van der Waals surface area contributed by atoms with E-state index in [-0.39, 0.29) is 17.2 Å². The quantitative estimate of drug-likeness (QED) is 0.826. The molecule has 0 aliphatic heterocycles. The largest absolute Gasteiger partial charge is 0.459 e. The maximum atomic E-state index is 11.6. The lowest BCUT2D eigenvalue weighted by Crippen LogP contribution is -2.11. The summed E-state index contributed by atoms with van der Waals surface area (Å²) in [4.78, 5) is 11.6. The van der Waals surface area contributed by atoms with Gasteiger partial charge in [0.1, 0.15) is 17.3 Å². The highest BCUT2D eigenvalue weighted by Gasteiger charge is 2.17. The molecule has 0 saturated carbocycles. The summed E-state index contributed by atoms with van der Waals surface area (Å²) >= 11 is 0. The van der Waals surface area contributed by atoms with Crippen LogP contribution in [0.5, 0.6) is 0 Å². The van der Waals surface area contributed by atoms with E-state index in [4.69, 9.17) is 14.2 Å². The molecule has 2 rings (SSSR count). The summed E-state index contributed by atoms with van der Waals surface area (Å²) < 4.78 is 9.70. The van der Waals surface area contributed by atoms with Crippen LogP contribution in [0, 0.1) is 18.3 Å². The molecular weight excluding hydrogens is 210 g/mol. The molecule has 0 aliphatic carbocycles. The molecule has 0 aliphatic rings. The van der Waals surface area contributed by atoms with Crippen molar-refractivity contribution in [1.29, 1.82) is 5.26 Å². The van der Waals surface area contributed by atoms with E-state index in [1.807, 2.05) is 6.07 Å². The Bertz CT molecular complexity index is 548. The highest BCUT2D eigenvalue weighted by atomic mass is 16.5. The lowest BCUT2D eigenvalue weighted by atomic mass is 10.2. The number of carbonyl (C=O) groups excluding carboxylic acids is 1. The van der Waals surface area contributed by atoms with Gasteiger partial charge in [0.2, 0.25) is 5.88 Å². The first kappa shape index (κ1) is 9.98. The minimum atomic E-state index is -0.488. The van der Waals surface area contributed by atoms with Crippen LogP contribution in [0.3, 0.4) is 0 Å². The van der Waals surface area contributed by atoms with E-state index in [9.17, 15) is 4.79 Å². The van der Waals surface area contributed by atoms with Gasteiger partial charge < -0.3 is 8.94 Å². The van der Waals surface area contributed by atoms with Crippen LogP contribution in [-0.4, -0.2) is 11.1 Å². The van der Waals surface area contributed by atoms with Crippen LogP contribution in [0.2, 0.25) is 0 Å². The van der Waals surface area contributed by atoms with Gasteiger partial charge in [-0.2, -0.15) is 5.26 Å². The van der Waals surface area contributed by atoms with Crippen molar-refractivity contribution >= 4 is 11.8 Å². The Morgan fingerprint density at radius 3 is 3.06 bits per heavy atom. The number of amides is 1. The van der Waals surface area contributed by atoms with E-state index in [0.717, 1.165) is 0 Å².